The number of carbonyl (C=O) groups excluding carboxylic acids is 6. The number of ether oxygens (including phenoxy) is 3. The molecule has 0 radical (unpaired) electrons. The van der Waals surface area contributed by atoms with Crippen LogP contribution in [0.4, 0.5) is 23.1 Å². The fraction of sp³-hybridized carbons (Fsp3) is 0.489. The minimum absolute atomic E-state index is 0.000161. The summed E-state index contributed by atoms with van der Waals surface area (Å²) in [6, 6.07) is 7.49. The number of fused-ring (bicyclic) bond motifs is 2. The second kappa shape index (κ2) is 22.0. The maximum absolute atomic E-state index is 13.6. The maximum Gasteiger partial charge on any atom is 0.264 e. The molecule has 1 unspecified atom stereocenters. The van der Waals surface area contributed by atoms with Crippen molar-refractivity contribution in [1.82, 2.24) is 40.0 Å². The number of nitrogens with zero attached hydrogens (tertiary/aromatic N) is 7. The van der Waals surface area contributed by atoms with Gasteiger partial charge in [0, 0.05) is 69.0 Å². The molecule has 6 heterocycles. The first-order chi connectivity index (χ1) is 33.0. The summed E-state index contributed by atoms with van der Waals surface area (Å²) >= 11 is 0. The molecule has 3 aliphatic heterocycles. The summed E-state index contributed by atoms with van der Waals surface area (Å²) in [5.74, 6) is -2.10. The molecule has 3 aromatic heterocycles. The SMILES string of the molecule is CC(=O)c1c(C)c2cnc(Nc3ccc(N4CCN(CCOCCOCCOCCNC(=O)CNc5cccc6c5C(=O)N(C5CCC(=O)NC5=O)C6=O)CC4)cn3)nc2n(C2CCCC2)c1=O. The molecule has 0 bridgehead atoms. The number of hydrogen-bond donors (Lipinski definition) is 4. The van der Waals surface area contributed by atoms with E-state index in [1.807, 2.05) is 18.3 Å². The molecule has 68 heavy (non-hydrogen) atoms. The van der Waals surface area contributed by atoms with E-state index in [1.54, 1.807) is 29.8 Å². The summed E-state index contributed by atoms with van der Waals surface area (Å²) in [6.07, 6.45) is 7.40. The van der Waals surface area contributed by atoms with E-state index in [0.717, 1.165) is 69.0 Å². The molecule has 1 aliphatic carbocycles. The largest absolute Gasteiger partial charge is 0.378 e. The van der Waals surface area contributed by atoms with Crippen molar-refractivity contribution in [2.24, 2.45) is 0 Å². The van der Waals surface area contributed by atoms with Gasteiger partial charge in [-0.05, 0) is 62.9 Å². The number of Topliss-reactive ketones (excluding diaryl/α,β-unsaturated/α-hetero) is 1. The molecule has 4 aromatic rings. The van der Waals surface area contributed by atoms with E-state index in [2.05, 4.69) is 41.0 Å². The highest BCUT2D eigenvalue weighted by atomic mass is 16.5. The molecule has 0 spiro atoms. The Kier molecular flexibility index (Phi) is 15.4. The molecule has 21 nitrogen and oxygen atoms in total. The van der Waals surface area contributed by atoms with Gasteiger partial charge >= 0.3 is 0 Å². The van der Waals surface area contributed by atoms with Crippen LogP contribution in [0.1, 0.15) is 88.1 Å². The van der Waals surface area contributed by atoms with Gasteiger partial charge in [0.25, 0.3) is 17.4 Å². The van der Waals surface area contributed by atoms with Crippen molar-refractivity contribution in [2.45, 2.75) is 64.5 Å². The van der Waals surface area contributed by atoms with Crippen molar-refractivity contribution < 1.29 is 43.0 Å². The van der Waals surface area contributed by atoms with Gasteiger partial charge in [-0.25, -0.2) is 9.97 Å². The zero-order chi connectivity index (χ0) is 47.7. The number of hydrogen-bond acceptors (Lipinski definition) is 17. The van der Waals surface area contributed by atoms with Gasteiger partial charge < -0.3 is 35.1 Å². The van der Waals surface area contributed by atoms with Gasteiger partial charge in [0.15, 0.2) is 5.78 Å². The van der Waals surface area contributed by atoms with Crippen LogP contribution in [0.2, 0.25) is 0 Å². The molecule has 4 aliphatic rings. The molecule has 1 aromatic carbocycles. The molecular formula is C47H57N11O10. The molecule has 21 heteroatoms. The molecule has 4 N–H and O–H groups in total. The fourth-order valence-electron chi connectivity index (χ4n) is 9.20. The number of piperazine rings is 1. The maximum atomic E-state index is 13.6. The predicted octanol–water partition coefficient (Wildman–Crippen LogP) is 2.36. The lowest BCUT2D eigenvalue weighted by atomic mass is 10.0. The average molecular weight is 936 g/mol. The topological polar surface area (TPSA) is 249 Å². The van der Waals surface area contributed by atoms with Crippen LogP contribution in [0.25, 0.3) is 11.0 Å². The monoisotopic (exact) mass is 935 g/mol. The summed E-state index contributed by atoms with van der Waals surface area (Å²) in [4.78, 5) is 108. The third kappa shape index (κ3) is 10.9. The van der Waals surface area contributed by atoms with E-state index in [-0.39, 0.29) is 72.5 Å². The Morgan fingerprint density at radius 3 is 2.28 bits per heavy atom. The Morgan fingerprint density at radius 2 is 1.57 bits per heavy atom. The van der Waals surface area contributed by atoms with E-state index in [9.17, 15) is 33.6 Å². The zero-order valence-electron chi connectivity index (χ0n) is 38.3. The summed E-state index contributed by atoms with van der Waals surface area (Å²) < 4.78 is 18.7. The van der Waals surface area contributed by atoms with Crippen molar-refractivity contribution in [3.05, 3.63) is 75.3 Å². The smallest absolute Gasteiger partial charge is 0.264 e. The Balaban J connectivity index is 0.664. The third-order valence-corrected chi connectivity index (χ3v) is 12.7. The van der Waals surface area contributed by atoms with Crippen LogP contribution in [0, 0.1) is 6.92 Å². The Labute approximate surface area is 392 Å². The number of aryl methyl sites for hydroxylation is 1. The number of rotatable bonds is 21. The lowest BCUT2D eigenvalue weighted by Gasteiger charge is -2.35. The van der Waals surface area contributed by atoms with Gasteiger partial charge in [0.05, 0.1) is 74.8 Å². The molecule has 1 saturated carbocycles. The van der Waals surface area contributed by atoms with Crippen LogP contribution >= 0.6 is 0 Å². The highest BCUT2D eigenvalue weighted by molar-refractivity contribution is 6.25. The molecular weight excluding hydrogens is 879 g/mol. The molecule has 2 saturated heterocycles. The molecule has 8 rings (SSSR count). The van der Waals surface area contributed by atoms with Crippen molar-refractivity contribution >= 4 is 69.5 Å². The van der Waals surface area contributed by atoms with Crippen molar-refractivity contribution in [1.29, 1.82) is 0 Å². The Bertz CT molecular complexity index is 2610. The number of aromatic nitrogens is 4. The molecule has 5 amide bonds. The number of ketones is 1. The summed E-state index contributed by atoms with van der Waals surface area (Å²) in [5, 5.41) is 11.7. The molecule has 360 valence electrons. The predicted molar refractivity (Wildman–Crippen MR) is 249 cm³/mol. The summed E-state index contributed by atoms with van der Waals surface area (Å²) in [5.41, 5.74) is 2.58. The van der Waals surface area contributed by atoms with E-state index < -0.39 is 29.7 Å². The van der Waals surface area contributed by atoms with Crippen LogP contribution in [-0.2, 0) is 28.6 Å². The Hall–Kier alpha value is -6.68. The van der Waals surface area contributed by atoms with Crippen LogP contribution in [0.15, 0.2) is 47.5 Å². The minimum Gasteiger partial charge on any atom is -0.378 e. The van der Waals surface area contributed by atoms with E-state index >= 15 is 0 Å². The number of nitrogens with one attached hydrogen (secondary N) is 4. The number of carbonyl (C=O) groups is 6. The zero-order valence-corrected chi connectivity index (χ0v) is 38.3. The molecule has 3 fully saturated rings. The number of benzene rings is 1. The third-order valence-electron chi connectivity index (χ3n) is 12.7. The van der Waals surface area contributed by atoms with Gasteiger partial charge in [-0.3, -0.25) is 53.2 Å². The number of imide groups is 2. The van der Waals surface area contributed by atoms with Crippen LogP contribution in [0.3, 0.4) is 0 Å². The highest BCUT2D eigenvalue weighted by Gasteiger charge is 2.45. The van der Waals surface area contributed by atoms with Gasteiger partial charge in [-0.1, -0.05) is 18.9 Å². The first-order valence-electron chi connectivity index (χ1n) is 23.2. The fourth-order valence-corrected chi connectivity index (χ4v) is 9.20. The lowest BCUT2D eigenvalue weighted by molar-refractivity contribution is -0.136. The quantitative estimate of drug-likeness (QED) is 0.0532. The van der Waals surface area contributed by atoms with Crippen LogP contribution in [-0.4, -0.2) is 156 Å². The Morgan fingerprint density at radius 1 is 0.838 bits per heavy atom. The van der Waals surface area contributed by atoms with Crippen molar-refractivity contribution in [3.8, 4) is 0 Å². The first-order valence-corrected chi connectivity index (χ1v) is 23.2. The minimum atomic E-state index is -1.08. The lowest BCUT2D eigenvalue weighted by Crippen LogP contribution is -2.54. The first kappa shape index (κ1) is 47.8. The van der Waals surface area contributed by atoms with Crippen molar-refractivity contribution in [2.75, 3.05) is 101 Å². The highest BCUT2D eigenvalue weighted by Crippen LogP contribution is 2.34. The van der Waals surface area contributed by atoms with E-state index in [4.69, 9.17) is 19.2 Å². The normalized spacial score (nSPS) is 17.8. The molecule has 1 atom stereocenters. The standard InChI is InChI=1S/C47H57N11O10/c1-29-34-27-51-47(54-42(34)57(31-6-3-4-7-31)45(64)40(29)30(2)59)52-37-12-10-32(26-50-37)56-17-15-55(16-18-56)19-21-67-23-25-68-24-22-66-20-14-48-39(61)28-49-35-9-5-8-33-41(35)46(65)58(44(33)63)36-11-13-38(60)53-43(36)62/h5,8-10,12,26-27,31,36,49H,3-4,6-7,11,13-25,28H2,1-2H3,(H,48,61)(H,53,60,62)(H,50,51,52,54). The van der Waals surface area contributed by atoms with Crippen LogP contribution in [0.5, 0.6) is 0 Å². The summed E-state index contributed by atoms with van der Waals surface area (Å²) in [6.45, 7) is 10.0. The van der Waals surface area contributed by atoms with Gasteiger partial charge in [-0.15, -0.1) is 0 Å². The number of pyridine rings is 2. The van der Waals surface area contributed by atoms with Gasteiger partial charge in [0.2, 0.25) is 23.7 Å². The number of piperidine rings is 1. The van der Waals surface area contributed by atoms with Crippen molar-refractivity contribution in [3.63, 3.8) is 0 Å². The van der Waals surface area contributed by atoms with E-state index in [0.29, 0.717) is 67.1 Å². The van der Waals surface area contributed by atoms with E-state index in [1.165, 1.54) is 13.0 Å². The van der Waals surface area contributed by atoms with Gasteiger partial charge in [-0.2, -0.15) is 4.98 Å². The number of amides is 5. The number of anilines is 4. The second-order valence-electron chi connectivity index (χ2n) is 17.2. The van der Waals surface area contributed by atoms with Crippen LogP contribution < -0.4 is 31.7 Å². The second-order valence-corrected chi connectivity index (χ2v) is 17.2. The summed E-state index contributed by atoms with van der Waals surface area (Å²) in [7, 11) is 0. The van der Waals surface area contributed by atoms with Gasteiger partial charge in [0.1, 0.15) is 17.5 Å². The average Bonchev–Trinajstić information content (AvgIpc) is 3.95.